The largest absolute Gasteiger partial charge is 0.392 e. The van der Waals surface area contributed by atoms with Gasteiger partial charge in [-0.15, -0.1) is 0 Å². The molecule has 5 rings (SSSR count). The van der Waals surface area contributed by atoms with Crippen molar-refractivity contribution >= 4 is 17.0 Å². The Bertz CT molecular complexity index is 1380. The van der Waals surface area contributed by atoms with E-state index in [1.54, 1.807) is 18.5 Å². The van der Waals surface area contributed by atoms with Gasteiger partial charge in [-0.3, -0.25) is 4.57 Å². The number of imidazole rings is 1. The van der Waals surface area contributed by atoms with E-state index in [0.717, 1.165) is 17.4 Å². The Morgan fingerprint density at radius 3 is 2.48 bits per heavy atom. The molecule has 152 valence electrons. The van der Waals surface area contributed by atoms with Crippen LogP contribution in [0.3, 0.4) is 0 Å². The summed E-state index contributed by atoms with van der Waals surface area (Å²) >= 11 is 0. The van der Waals surface area contributed by atoms with E-state index in [4.69, 9.17) is 10.7 Å². The van der Waals surface area contributed by atoms with Crippen molar-refractivity contribution in [2.45, 2.75) is 6.61 Å². The zero-order chi connectivity index (χ0) is 21.4. The highest BCUT2D eigenvalue weighted by Crippen LogP contribution is 2.30. The molecule has 0 unspecified atom stereocenters. The predicted octanol–water partition coefficient (Wildman–Crippen LogP) is 3.15. The monoisotopic (exact) mass is 413 g/mol. The quantitative estimate of drug-likeness (QED) is 0.465. The van der Waals surface area contributed by atoms with E-state index in [2.05, 4.69) is 19.9 Å². The number of nitrogens with two attached hydrogens (primary N) is 1. The molecular formula is C22H16FN7O. The number of nitrogen functional groups attached to an aromatic ring is 1. The number of fused-ring (bicyclic) bond motifs is 1. The third-order valence-electron chi connectivity index (χ3n) is 4.81. The van der Waals surface area contributed by atoms with E-state index in [0.29, 0.717) is 39.9 Å². The molecule has 8 nitrogen and oxygen atoms in total. The lowest BCUT2D eigenvalue weighted by Crippen LogP contribution is -2.03. The number of hydrogen-bond donors (Lipinski definition) is 2. The lowest BCUT2D eigenvalue weighted by Gasteiger charge is -2.11. The number of aliphatic hydroxyl groups excluding tert-OH is 1. The maximum Gasteiger partial charge on any atom is 0.180 e. The van der Waals surface area contributed by atoms with Gasteiger partial charge in [0.25, 0.3) is 0 Å². The highest BCUT2D eigenvalue weighted by molar-refractivity contribution is 5.83. The van der Waals surface area contributed by atoms with Crippen LogP contribution in [0.2, 0.25) is 0 Å². The van der Waals surface area contributed by atoms with Crippen molar-refractivity contribution < 1.29 is 9.50 Å². The number of hydrogen-bond acceptors (Lipinski definition) is 7. The molecule has 4 heterocycles. The summed E-state index contributed by atoms with van der Waals surface area (Å²) in [6.07, 6.45) is 4.33. The maximum atomic E-state index is 13.3. The molecule has 0 amide bonds. The highest BCUT2D eigenvalue weighted by atomic mass is 19.1. The molecule has 0 fully saturated rings. The summed E-state index contributed by atoms with van der Waals surface area (Å²) < 4.78 is 15.1. The number of pyridine rings is 2. The van der Waals surface area contributed by atoms with Crippen molar-refractivity contribution in [3.63, 3.8) is 0 Å². The maximum absolute atomic E-state index is 13.3. The third kappa shape index (κ3) is 3.36. The normalized spacial score (nSPS) is 11.2. The number of aliphatic hydroxyl groups is 1. The van der Waals surface area contributed by atoms with Crippen LogP contribution in [0.25, 0.3) is 39.8 Å². The second kappa shape index (κ2) is 7.54. The number of halogens is 1. The average molecular weight is 413 g/mol. The fourth-order valence-corrected chi connectivity index (χ4v) is 3.29. The van der Waals surface area contributed by atoms with Crippen molar-refractivity contribution in [1.29, 1.82) is 0 Å². The molecule has 31 heavy (non-hydrogen) atoms. The van der Waals surface area contributed by atoms with E-state index in [9.17, 15) is 9.50 Å². The van der Waals surface area contributed by atoms with Gasteiger partial charge in [0.05, 0.1) is 24.6 Å². The van der Waals surface area contributed by atoms with Crippen LogP contribution in [-0.2, 0) is 6.61 Å². The first-order valence-electron chi connectivity index (χ1n) is 9.42. The minimum atomic E-state index is -0.437. The third-order valence-corrected chi connectivity index (χ3v) is 4.81. The van der Waals surface area contributed by atoms with Gasteiger partial charge in [0.15, 0.2) is 17.3 Å². The molecule has 0 aliphatic rings. The second-order valence-electron chi connectivity index (χ2n) is 6.80. The zero-order valence-corrected chi connectivity index (χ0v) is 16.1. The Morgan fingerprint density at radius 2 is 1.77 bits per heavy atom. The summed E-state index contributed by atoms with van der Waals surface area (Å²) in [6, 6.07) is 13.8. The molecule has 1 aromatic carbocycles. The predicted molar refractivity (Wildman–Crippen MR) is 113 cm³/mol. The van der Waals surface area contributed by atoms with Crippen LogP contribution in [0.15, 0.2) is 67.1 Å². The van der Waals surface area contributed by atoms with E-state index in [-0.39, 0.29) is 6.61 Å². The Balaban J connectivity index is 1.77. The average Bonchev–Trinajstić information content (AvgIpc) is 3.18. The Labute approximate surface area is 175 Å². The molecule has 0 saturated heterocycles. The molecule has 0 radical (unpaired) electrons. The van der Waals surface area contributed by atoms with Gasteiger partial charge in [-0.2, -0.15) is 0 Å². The van der Waals surface area contributed by atoms with Gasteiger partial charge in [0.2, 0.25) is 0 Å². The van der Waals surface area contributed by atoms with Crippen LogP contribution in [0.5, 0.6) is 0 Å². The van der Waals surface area contributed by atoms with Gasteiger partial charge in [-0.25, -0.2) is 29.3 Å². The van der Waals surface area contributed by atoms with Crippen LogP contribution >= 0.6 is 0 Å². The van der Waals surface area contributed by atoms with E-state index >= 15 is 0 Å². The zero-order valence-electron chi connectivity index (χ0n) is 16.1. The van der Waals surface area contributed by atoms with Crippen LogP contribution in [0, 0.1) is 5.82 Å². The summed E-state index contributed by atoms with van der Waals surface area (Å²) in [5, 5.41) is 9.38. The summed E-state index contributed by atoms with van der Waals surface area (Å²) in [5.41, 5.74) is 9.85. The Hall–Kier alpha value is -4.24. The van der Waals surface area contributed by atoms with Crippen LogP contribution in [0.4, 0.5) is 10.2 Å². The Morgan fingerprint density at radius 1 is 0.935 bits per heavy atom. The SMILES string of the molecule is Nc1ncccc1-c1nc2cnc(-c3ccc(F)cn3)nc2n1-c1ccc(CO)cc1. The van der Waals surface area contributed by atoms with Crippen LogP contribution < -0.4 is 5.73 Å². The first-order valence-corrected chi connectivity index (χ1v) is 9.42. The fourth-order valence-electron chi connectivity index (χ4n) is 3.29. The molecule has 0 saturated carbocycles. The lowest BCUT2D eigenvalue weighted by molar-refractivity contribution is 0.282. The molecule has 0 bridgehead atoms. The Kier molecular flexibility index (Phi) is 4.57. The van der Waals surface area contributed by atoms with Crippen molar-refractivity contribution in [1.82, 2.24) is 29.5 Å². The summed E-state index contributed by atoms with van der Waals surface area (Å²) in [7, 11) is 0. The standard InChI is InChI=1S/C22H16FN7O/c23-14-5-8-17(26-10-14)20-27-11-18-22(29-20)30(15-6-3-13(12-31)4-7-15)21(28-18)16-2-1-9-25-19(16)24/h1-11,31H,12H2,(H2,24,25). The fraction of sp³-hybridized carbons (Fsp3) is 0.0455. The molecule has 0 spiro atoms. The van der Waals surface area contributed by atoms with Crippen molar-refractivity contribution in [3.8, 4) is 28.6 Å². The van der Waals surface area contributed by atoms with Gasteiger partial charge in [0, 0.05) is 11.9 Å². The van der Waals surface area contributed by atoms with Gasteiger partial charge in [-0.1, -0.05) is 12.1 Å². The van der Waals surface area contributed by atoms with Crippen LogP contribution in [-0.4, -0.2) is 34.6 Å². The van der Waals surface area contributed by atoms with E-state index in [1.807, 2.05) is 34.9 Å². The molecule has 5 aromatic rings. The first-order chi connectivity index (χ1) is 15.1. The summed E-state index contributed by atoms with van der Waals surface area (Å²) in [5.74, 6) is 0.787. The van der Waals surface area contributed by atoms with Gasteiger partial charge in [0.1, 0.15) is 22.8 Å². The molecular weight excluding hydrogens is 397 g/mol. The van der Waals surface area contributed by atoms with Crippen molar-refractivity contribution in [2.24, 2.45) is 0 Å². The number of nitrogens with zero attached hydrogens (tertiary/aromatic N) is 6. The number of anilines is 1. The van der Waals surface area contributed by atoms with E-state index in [1.165, 1.54) is 12.1 Å². The molecule has 0 aliphatic carbocycles. The van der Waals surface area contributed by atoms with Gasteiger partial charge >= 0.3 is 0 Å². The molecule has 0 aliphatic heterocycles. The molecule has 3 N–H and O–H groups in total. The second-order valence-corrected chi connectivity index (χ2v) is 6.80. The molecule has 9 heteroatoms. The summed E-state index contributed by atoms with van der Waals surface area (Å²) in [4.78, 5) is 22.0. The number of rotatable bonds is 4. The number of benzene rings is 1. The lowest BCUT2D eigenvalue weighted by atomic mass is 10.2. The summed E-state index contributed by atoms with van der Waals surface area (Å²) in [6.45, 7) is -0.0596. The molecule has 0 atom stereocenters. The van der Waals surface area contributed by atoms with Crippen molar-refractivity contribution in [3.05, 3.63) is 78.5 Å². The smallest absolute Gasteiger partial charge is 0.180 e. The number of aromatic nitrogens is 6. The van der Waals surface area contributed by atoms with Gasteiger partial charge in [-0.05, 0) is 42.0 Å². The molecule has 4 aromatic heterocycles. The first kappa shape index (κ1) is 18.8. The van der Waals surface area contributed by atoms with Gasteiger partial charge < -0.3 is 10.8 Å². The van der Waals surface area contributed by atoms with Crippen molar-refractivity contribution in [2.75, 3.05) is 5.73 Å². The highest BCUT2D eigenvalue weighted by Gasteiger charge is 2.19. The van der Waals surface area contributed by atoms with Crippen LogP contribution in [0.1, 0.15) is 5.56 Å². The van der Waals surface area contributed by atoms with E-state index < -0.39 is 5.82 Å². The minimum Gasteiger partial charge on any atom is -0.392 e. The topological polar surface area (TPSA) is 116 Å². The minimum absolute atomic E-state index is 0.0596.